The van der Waals surface area contributed by atoms with Crippen LogP contribution in [0.15, 0.2) is 24.4 Å². The van der Waals surface area contributed by atoms with Crippen LogP contribution in [-0.2, 0) is 4.74 Å². The fourth-order valence-electron chi connectivity index (χ4n) is 3.82. The zero-order valence-corrected chi connectivity index (χ0v) is 12.7. The zero-order chi connectivity index (χ0) is 14.1. The molecule has 0 N–H and O–H groups in total. The van der Waals surface area contributed by atoms with E-state index in [1.54, 1.807) is 0 Å². The van der Waals surface area contributed by atoms with Crippen LogP contribution in [0.5, 0.6) is 0 Å². The fourth-order valence-corrected chi connectivity index (χ4v) is 3.82. The molecule has 0 radical (unpaired) electrons. The van der Waals surface area contributed by atoms with Crippen LogP contribution in [0.3, 0.4) is 0 Å². The SMILES string of the molecule is c1ccc(N2CC[C@]3(COCCN(CC4CC4)C3)C2)nc1. The van der Waals surface area contributed by atoms with Gasteiger partial charge in [0.25, 0.3) is 0 Å². The Balaban J connectivity index is 1.45. The normalized spacial score (nSPS) is 30.8. The third-order valence-electron chi connectivity index (χ3n) is 5.14. The van der Waals surface area contributed by atoms with Crippen molar-refractivity contribution in [3.05, 3.63) is 24.4 Å². The molecule has 2 saturated heterocycles. The third-order valence-corrected chi connectivity index (χ3v) is 5.14. The summed E-state index contributed by atoms with van der Waals surface area (Å²) in [6, 6.07) is 6.19. The van der Waals surface area contributed by atoms with Gasteiger partial charge >= 0.3 is 0 Å². The zero-order valence-electron chi connectivity index (χ0n) is 12.7. The van der Waals surface area contributed by atoms with Crippen molar-refractivity contribution >= 4 is 5.82 Å². The van der Waals surface area contributed by atoms with Gasteiger partial charge in [0.1, 0.15) is 5.82 Å². The van der Waals surface area contributed by atoms with Gasteiger partial charge in [-0.3, -0.25) is 0 Å². The number of hydrogen-bond donors (Lipinski definition) is 0. The Morgan fingerprint density at radius 2 is 2.19 bits per heavy atom. The van der Waals surface area contributed by atoms with Gasteiger partial charge in [0.2, 0.25) is 0 Å². The van der Waals surface area contributed by atoms with E-state index in [4.69, 9.17) is 4.74 Å². The van der Waals surface area contributed by atoms with Gasteiger partial charge < -0.3 is 14.5 Å². The van der Waals surface area contributed by atoms with Crippen molar-refractivity contribution in [3.63, 3.8) is 0 Å². The van der Waals surface area contributed by atoms with Gasteiger partial charge in [0, 0.05) is 44.3 Å². The largest absolute Gasteiger partial charge is 0.379 e. The third kappa shape index (κ3) is 3.06. The molecule has 0 aromatic carbocycles. The first-order valence-electron chi connectivity index (χ1n) is 8.29. The highest BCUT2D eigenvalue weighted by Gasteiger charge is 2.42. The summed E-state index contributed by atoms with van der Waals surface area (Å²) in [5.41, 5.74) is 0.308. The molecule has 3 aliphatic rings. The molecule has 0 amide bonds. The number of aromatic nitrogens is 1. The van der Waals surface area contributed by atoms with Crippen LogP contribution < -0.4 is 4.90 Å². The van der Waals surface area contributed by atoms with Crippen molar-refractivity contribution in [2.24, 2.45) is 11.3 Å². The summed E-state index contributed by atoms with van der Waals surface area (Å²) >= 11 is 0. The van der Waals surface area contributed by atoms with Gasteiger partial charge in [-0.2, -0.15) is 0 Å². The van der Waals surface area contributed by atoms with Crippen LogP contribution >= 0.6 is 0 Å². The molecule has 114 valence electrons. The van der Waals surface area contributed by atoms with E-state index < -0.39 is 0 Å². The Labute approximate surface area is 127 Å². The number of anilines is 1. The van der Waals surface area contributed by atoms with Crippen molar-refractivity contribution in [2.45, 2.75) is 19.3 Å². The number of nitrogens with zero attached hydrogens (tertiary/aromatic N) is 3. The van der Waals surface area contributed by atoms with Gasteiger partial charge in [0.05, 0.1) is 13.2 Å². The minimum absolute atomic E-state index is 0.308. The molecule has 1 atom stereocenters. The molecule has 2 aliphatic heterocycles. The average molecular weight is 287 g/mol. The van der Waals surface area contributed by atoms with Crippen molar-refractivity contribution in [2.75, 3.05) is 50.8 Å². The first kappa shape index (κ1) is 13.5. The smallest absolute Gasteiger partial charge is 0.128 e. The Morgan fingerprint density at radius 1 is 1.24 bits per heavy atom. The molecule has 1 saturated carbocycles. The predicted molar refractivity (Wildman–Crippen MR) is 83.5 cm³/mol. The second-order valence-corrected chi connectivity index (χ2v) is 7.09. The highest BCUT2D eigenvalue weighted by Crippen LogP contribution is 2.37. The monoisotopic (exact) mass is 287 g/mol. The van der Waals surface area contributed by atoms with Crippen LogP contribution in [0.25, 0.3) is 0 Å². The highest BCUT2D eigenvalue weighted by atomic mass is 16.5. The summed E-state index contributed by atoms with van der Waals surface area (Å²) in [6.07, 6.45) is 5.99. The number of hydrogen-bond acceptors (Lipinski definition) is 4. The van der Waals surface area contributed by atoms with Crippen molar-refractivity contribution in [1.29, 1.82) is 0 Å². The molecule has 4 nitrogen and oxygen atoms in total. The van der Waals surface area contributed by atoms with Crippen molar-refractivity contribution in [3.8, 4) is 0 Å². The molecule has 0 unspecified atom stereocenters. The van der Waals surface area contributed by atoms with Gasteiger partial charge in [0.15, 0.2) is 0 Å². The van der Waals surface area contributed by atoms with E-state index in [2.05, 4.69) is 26.9 Å². The number of ether oxygens (including phenoxy) is 1. The second kappa shape index (κ2) is 5.58. The first-order chi connectivity index (χ1) is 10.3. The molecule has 21 heavy (non-hydrogen) atoms. The summed E-state index contributed by atoms with van der Waals surface area (Å²) in [4.78, 5) is 9.60. The maximum Gasteiger partial charge on any atom is 0.128 e. The summed E-state index contributed by atoms with van der Waals surface area (Å²) in [6.45, 7) is 7.61. The molecule has 4 heteroatoms. The van der Waals surface area contributed by atoms with E-state index >= 15 is 0 Å². The summed E-state index contributed by atoms with van der Waals surface area (Å²) in [7, 11) is 0. The number of rotatable bonds is 3. The molecular weight excluding hydrogens is 262 g/mol. The molecule has 1 aromatic rings. The maximum absolute atomic E-state index is 5.96. The Bertz CT molecular complexity index is 476. The van der Waals surface area contributed by atoms with Gasteiger partial charge in [-0.1, -0.05) is 6.07 Å². The highest BCUT2D eigenvalue weighted by molar-refractivity contribution is 5.40. The first-order valence-corrected chi connectivity index (χ1v) is 8.29. The molecule has 3 fully saturated rings. The lowest BCUT2D eigenvalue weighted by atomic mass is 9.87. The minimum atomic E-state index is 0.308. The van der Waals surface area contributed by atoms with E-state index in [0.717, 1.165) is 44.6 Å². The Morgan fingerprint density at radius 3 is 3.00 bits per heavy atom. The second-order valence-electron chi connectivity index (χ2n) is 7.09. The van der Waals surface area contributed by atoms with Crippen LogP contribution in [0.2, 0.25) is 0 Å². The van der Waals surface area contributed by atoms with E-state index in [-0.39, 0.29) is 0 Å². The van der Waals surface area contributed by atoms with E-state index in [1.165, 1.54) is 32.4 Å². The quantitative estimate of drug-likeness (QED) is 0.850. The van der Waals surface area contributed by atoms with Crippen molar-refractivity contribution < 1.29 is 4.74 Å². The summed E-state index contributed by atoms with van der Waals surface area (Å²) in [5, 5.41) is 0. The molecule has 0 bridgehead atoms. The fraction of sp³-hybridized carbons (Fsp3) is 0.706. The minimum Gasteiger partial charge on any atom is -0.379 e. The lowest BCUT2D eigenvalue weighted by Gasteiger charge is -2.32. The summed E-state index contributed by atoms with van der Waals surface area (Å²) < 4.78 is 5.96. The number of pyridine rings is 1. The van der Waals surface area contributed by atoms with Crippen LogP contribution in [0, 0.1) is 11.3 Å². The standard InChI is InChI=1S/C17H25N3O/c1-2-7-18-16(3-1)20-8-6-17(13-20)12-19(9-10-21-14-17)11-15-4-5-15/h1-3,7,15H,4-6,8-14H2/t17-/m1/s1. The van der Waals surface area contributed by atoms with Gasteiger partial charge in [-0.05, 0) is 37.3 Å². The molecule has 1 aromatic heterocycles. The van der Waals surface area contributed by atoms with E-state index in [9.17, 15) is 0 Å². The lowest BCUT2D eigenvalue weighted by Crippen LogP contribution is -2.41. The Hall–Kier alpha value is -1.13. The Kier molecular flexibility index (Phi) is 3.59. The summed E-state index contributed by atoms with van der Waals surface area (Å²) in [5.74, 6) is 2.08. The molecule has 3 heterocycles. The molecular formula is C17H25N3O. The van der Waals surface area contributed by atoms with Crippen LogP contribution in [0.4, 0.5) is 5.82 Å². The van der Waals surface area contributed by atoms with Gasteiger partial charge in [-0.25, -0.2) is 4.98 Å². The molecule has 1 aliphatic carbocycles. The van der Waals surface area contributed by atoms with Crippen LogP contribution in [-0.4, -0.2) is 55.8 Å². The molecule has 1 spiro atoms. The topological polar surface area (TPSA) is 28.6 Å². The van der Waals surface area contributed by atoms with Gasteiger partial charge in [-0.15, -0.1) is 0 Å². The maximum atomic E-state index is 5.96. The lowest BCUT2D eigenvalue weighted by molar-refractivity contribution is 0.0798. The van der Waals surface area contributed by atoms with Crippen molar-refractivity contribution in [1.82, 2.24) is 9.88 Å². The average Bonchev–Trinajstić information content (AvgIpc) is 3.26. The van der Waals surface area contributed by atoms with E-state index in [0.29, 0.717) is 5.41 Å². The predicted octanol–water partition coefficient (Wildman–Crippen LogP) is 2.02. The van der Waals surface area contributed by atoms with Crippen LogP contribution in [0.1, 0.15) is 19.3 Å². The van der Waals surface area contributed by atoms with E-state index in [1.807, 2.05) is 12.3 Å². The molecule has 4 rings (SSSR count).